The Bertz CT molecular complexity index is 909. The Kier molecular flexibility index (Phi) is 4.61. The molecule has 0 unspecified atom stereocenters. The first-order valence-corrected chi connectivity index (χ1v) is 7.47. The maximum absolute atomic E-state index is 13.5. The van der Waals surface area contributed by atoms with Crippen LogP contribution in [0.1, 0.15) is 16.8 Å². The zero-order chi connectivity index (χ0) is 16.2. The predicted molar refractivity (Wildman–Crippen MR) is 88.0 cm³/mol. The molecule has 0 bridgehead atoms. The lowest BCUT2D eigenvalue weighted by Crippen LogP contribution is -2.04. The number of halogens is 3. The van der Waals surface area contributed by atoms with Gasteiger partial charge < -0.3 is 0 Å². The third-order valence-electron chi connectivity index (χ3n) is 3.09. The van der Waals surface area contributed by atoms with Crippen LogP contribution in [0.3, 0.4) is 0 Å². The molecule has 6 heteroatoms. The van der Waals surface area contributed by atoms with Gasteiger partial charge in [-0.15, -0.1) is 0 Å². The topological polar surface area (TPSA) is 30.7 Å². The molecule has 1 aromatic carbocycles. The number of aromatic nitrogens is 3. The van der Waals surface area contributed by atoms with E-state index in [1.54, 1.807) is 41.3 Å². The summed E-state index contributed by atoms with van der Waals surface area (Å²) in [5, 5.41) is 4.71. The summed E-state index contributed by atoms with van der Waals surface area (Å²) >= 11 is 11.5. The molecule has 0 saturated carbocycles. The van der Waals surface area contributed by atoms with E-state index in [2.05, 4.69) is 21.9 Å². The first-order valence-electron chi connectivity index (χ1n) is 6.71. The van der Waals surface area contributed by atoms with Crippen molar-refractivity contribution in [3.05, 3.63) is 81.6 Å². The second kappa shape index (κ2) is 6.82. The van der Waals surface area contributed by atoms with Gasteiger partial charge in [0, 0.05) is 11.8 Å². The Labute approximate surface area is 142 Å². The number of hydrogen-bond acceptors (Lipinski definition) is 2. The number of nitrogens with zero attached hydrogens (tertiary/aromatic N) is 3. The summed E-state index contributed by atoms with van der Waals surface area (Å²) < 4.78 is 15.2. The van der Waals surface area contributed by atoms with Gasteiger partial charge in [-0.1, -0.05) is 35.2 Å². The van der Waals surface area contributed by atoms with Crippen molar-refractivity contribution < 1.29 is 4.39 Å². The van der Waals surface area contributed by atoms with Crippen molar-refractivity contribution in [2.45, 2.75) is 6.54 Å². The smallest absolute Gasteiger partial charge is 0.142 e. The minimum atomic E-state index is -0.449. The van der Waals surface area contributed by atoms with Crippen LogP contribution in [-0.2, 0) is 6.54 Å². The van der Waals surface area contributed by atoms with Gasteiger partial charge in [-0.3, -0.25) is 4.68 Å². The maximum Gasteiger partial charge on any atom is 0.142 e. The van der Waals surface area contributed by atoms with Crippen molar-refractivity contribution in [3.63, 3.8) is 0 Å². The fourth-order valence-corrected chi connectivity index (χ4v) is 2.28. The van der Waals surface area contributed by atoms with Gasteiger partial charge in [-0.2, -0.15) is 5.10 Å². The molecule has 3 nitrogen and oxygen atoms in total. The summed E-state index contributed by atoms with van der Waals surface area (Å²) in [6.45, 7) is 0.405. The molecule has 0 aliphatic heterocycles. The maximum atomic E-state index is 13.5. The fourth-order valence-electron chi connectivity index (χ4n) is 1.99. The van der Waals surface area contributed by atoms with Crippen molar-refractivity contribution >= 4 is 23.2 Å². The van der Waals surface area contributed by atoms with E-state index in [9.17, 15) is 4.39 Å². The van der Waals surface area contributed by atoms with E-state index in [1.165, 1.54) is 12.1 Å². The van der Waals surface area contributed by atoms with Crippen molar-refractivity contribution in [2.24, 2.45) is 0 Å². The molecular formula is C17H10Cl2FN3. The van der Waals surface area contributed by atoms with E-state index in [4.69, 9.17) is 23.2 Å². The quantitative estimate of drug-likeness (QED) is 0.515. The summed E-state index contributed by atoms with van der Waals surface area (Å²) in [6, 6.07) is 9.93. The average Bonchev–Trinajstić information content (AvgIpc) is 2.96. The predicted octanol–water partition coefficient (Wildman–Crippen LogP) is 4.17. The van der Waals surface area contributed by atoms with Crippen molar-refractivity contribution in [1.29, 1.82) is 0 Å². The first-order chi connectivity index (χ1) is 11.1. The van der Waals surface area contributed by atoms with Crippen LogP contribution in [0, 0.1) is 17.7 Å². The molecule has 0 fully saturated rings. The molecule has 3 aromatic rings. The number of hydrogen-bond donors (Lipinski definition) is 0. The first kappa shape index (κ1) is 15.5. The highest BCUT2D eigenvalue weighted by atomic mass is 35.5. The molecule has 0 spiro atoms. The number of pyridine rings is 1. The molecule has 23 heavy (non-hydrogen) atoms. The highest BCUT2D eigenvalue weighted by Gasteiger charge is 2.04. The van der Waals surface area contributed by atoms with Crippen molar-refractivity contribution in [1.82, 2.24) is 14.8 Å². The molecule has 2 heterocycles. The number of rotatable bonds is 2. The Morgan fingerprint density at radius 3 is 2.70 bits per heavy atom. The minimum Gasteiger partial charge on any atom is -0.253 e. The molecular weight excluding hydrogens is 336 g/mol. The Morgan fingerprint density at radius 2 is 1.91 bits per heavy atom. The van der Waals surface area contributed by atoms with Gasteiger partial charge in [0.1, 0.15) is 16.7 Å². The van der Waals surface area contributed by atoms with Crippen LogP contribution in [0.4, 0.5) is 4.39 Å². The molecule has 0 amide bonds. The molecule has 0 N–H and O–H groups in total. The van der Waals surface area contributed by atoms with E-state index >= 15 is 0 Å². The zero-order valence-corrected chi connectivity index (χ0v) is 13.3. The van der Waals surface area contributed by atoms with Gasteiger partial charge in [-0.25, -0.2) is 9.37 Å². The molecule has 0 radical (unpaired) electrons. The van der Waals surface area contributed by atoms with E-state index in [1.807, 2.05) is 0 Å². The summed E-state index contributed by atoms with van der Waals surface area (Å²) in [4.78, 5) is 3.91. The van der Waals surface area contributed by atoms with Gasteiger partial charge in [-0.05, 0) is 41.8 Å². The summed E-state index contributed by atoms with van der Waals surface area (Å²) in [5.74, 6) is 5.58. The van der Waals surface area contributed by atoms with Gasteiger partial charge in [0.15, 0.2) is 0 Å². The van der Waals surface area contributed by atoms with Gasteiger partial charge in [0.25, 0.3) is 0 Å². The van der Waals surface area contributed by atoms with Gasteiger partial charge in [0.05, 0.1) is 17.8 Å². The highest BCUT2D eigenvalue weighted by Crippen LogP contribution is 2.16. The second-order valence-electron chi connectivity index (χ2n) is 4.74. The zero-order valence-electron chi connectivity index (χ0n) is 11.8. The molecule has 2 aromatic heterocycles. The molecule has 3 rings (SSSR count). The lowest BCUT2D eigenvalue weighted by molar-refractivity contribution is 0.619. The third-order valence-corrected chi connectivity index (χ3v) is 3.61. The van der Waals surface area contributed by atoms with Crippen LogP contribution in [0.2, 0.25) is 10.2 Å². The van der Waals surface area contributed by atoms with Crippen molar-refractivity contribution in [3.8, 4) is 11.8 Å². The second-order valence-corrected chi connectivity index (χ2v) is 5.53. The van der Waals surface area contributed by atoms with Crippen LogP contribution < -0.4 is 0 Å². The van der Waals surface area contributed by atoms with Gasteiger partial charge >= 0.3 is 0 Å². The van der Waals surface area contributed by atoms with E-state index in [0.29, 0.717) is 17.4 Å². The largest absolute Gasteiger partial charge is 0.253 e. The fraction of sp³-hybridized carbons (Fsp3) is 0.0588. The Morgan fingerprint density at radius 1 is 1.04 bits per heavy atom. The average molecular weight is 346 g/mol. The summed E-state index contributed by atoms with van der Waals surface area (Å²) in [5.41, 5.74) is 2.23. The lowest BCUT2D eigenvalue weighted by atomic mass is 10.2. The SMILES string of the molecule is Fc1cc(Cn2nccc2C#Cc2ccnc(Cl)c2)ccc1Cl. The van der Waals surface area contributed by atoms with Crippen LogP contribution in [0.25, 0.3) is 0 Å². The van der Waals surface area contributed by atoms with Crippen LogP contribution in [0.5, 0.6) is 0 Å². The van der Waals surface area contributed by atoms with E-state index < -0.39 is 5.82 Å². The van der Waals surface area contributed by atoms with Crippen LogP contribution in [-0.4, -0.2) is 14.8 Å². The summed E-state index contributed by atoms with van der Waals surface area (Å²) in [7, 11) is 0. The molecule has 0 aliphatic rings. The third kappa shape index (κ3) is 3.89. The molecule has 0 aliphatic carbocycles. The Hall–Kier alpha value is -2.35. The molecule has 0 saturated heterocycles. The van der Waals surface area contributed by atoms with Crippen molar-refractivity contribution in [2.75, 3.05) is 0 Å². The highest BCUT2D eigenvalue weighted by molar-refractivity contribution is 6.30. The monoisotopic (exact) mass is 345 g/mol. The van der Waals surface area contributed by atoms with Crippen LogP contribution in [0.15, 0.2) is 48.8 Å². The lowest BCUT2D eigenvalue weighted by Gasteiger charge is -2.04. The van der Waals surface area contributed by atoms with Crippen LogP contribution >= 0.6 is 23.2 Å². The normalized spacial score (nSPS) is 10.2. The van der Waals surface area contributed by atoms with E-state index in [0.717, 1.165) is 11.1 Å². The number of benzene rings is 1. The van der Waals surface area contributed by atoms with Gasteiger partial charge in [0.2, 0.25) is 0 Å². The molecule has 0 atom stereocenters. The van der Waals surface area contributed by atoms with E-state index in [-0.39, 0.29) is 5.02 Å². The molecule has 114 valence electrons. The minimum absolute atomic E-state index is 0.101. The summed E-state index contributed by atoms with van der Waals surface area (Å²) in [6.07, 6.45) is 3.25. The standard InChI is InChI=1S/C17H10Cl2FN3/c18-15-4-2-13(9-16(15)20)11-23-14(6-8-22-23)3-1-12-5-7-21-17(19)10-12/h2,4-10H,11H2. The Balaban J connectivity index is 1.84.